The highest BCUT2D eigenvalue weighted by atomic mass is 79.9. The number of nitrogens with zero attached hydrogens (tertiary/aromatic N) is 2. The van der Waals surface area contributed by atoms with Gasteiger partial charge in [-0.3, -0.25) is 0 Å². The Hall–Kier alpha value is -0.400. The monoisotopic (exact) mass is 261 g/mol. The second-order valence-electron chi connectivity index (χ2n) is 1.70. The summed E-state index contributed by atoms with van der Waals surface area (Å²) < 4.78 is 1.82. The summed E-state index contributed by atoms with van der Waals surface area (Å²) in [6.45, 7) is 0. The number of benzene rings is 1. The molecular formula is C6H3Br2N2+. The lowest BCUT2D eigenvalue weighted by atomic mass is 10.3. The third-order valence-corrected chi connectivity index (χ3v) is 2.90. The molecule has 0 heterocycles. The van der Waals surface area contributed by atoms with Crippen LogP contribution in [0, 0.1) is 5.39 Å². The van der Waals surface area contributed by atoms with E-state index in [0.29, 0.717) is 5.69 Å². The molecule has 0 radical (unpaired) electrons. The lowest BCUT2D eigenvalue weighted by molar-refractivity contribution is 1.45. The maximum Gasteiger partial charge on any atom is 0.386 e. The molecule has 10 heavy (non-hydrogen) atoms. The Bertz CT molecular complexity index is 290. The molecule has 0 saturated carbocycles. The first-order valence-electron chi connectivity index (χ1n) is 2.54. The van der Waals surface area contributed by atoms with Gasteiger partial charge in [0.1, 0.15) is 0 Å². The van der Waals surface area contributed by atoms with E-state index < -0.39 is 0 Å². The molecule has 0 N–H and O–H groups in total. The van der Waals surface area contributed by atoms with Gasteiger partial charge in [0.25, 0.3) is 0 Å². The fourth-order valence-corrected chi connectivity index (χ4v) is 1.16. The summed E-state index contributed by atoms with van der Waals surface area (Å²) in [6, 6.07) is 5.22. The molecule has 1 aromatic carbocycles. The van der Waals surface area contributed by atoms with E-state index in [9.17, 15) is 0 Å². The molecule has 0 spiro atoms. The third kappa shape index (κ3) is 1.55. The van der Waals surface area contributed by atoms with Gasteiger partial charge in [0.15, 0.2) is 4.98 Å². The second kappa shape index (κ2) is 3.13. The summed E-state index contributed by atoms with van der Waals surface area (Å²) in [6.07, 6.45) is 0. The highest BCUT2D eigenvalue weighted by Crippen LogP contribution is 2.27. The number of hydrogen-bond donors (Lipinski definition) is 0. The van der Waals surface area contributed by atoms with E-state index in [0.717, 1.165) is 8.95 Å². The van der Waals surface area contributed by atoms with Crippen molar-refractivity contribution in [2.75, 3.05) is 0 Å². The van der Waals surface area contributed by atoms with Crippen LogP contribution < -0.4 is 0 Å². The Labute approximate surface area is 75.1 Å². The molecule has 0 bridgehead atoms. The summed E-state index contributed by atoms with van der Waals surface area (Å²) in [7, 11) is 0. The molecule has 0 aliphatic carbocycles. The molecule has 1 rings (SSSR count). The van der Waals surface area contributed by atoms with Crippen molar-refractivity contribution in [1.29, 1.82) is 5.39 Å². The maximum atomic E-state index is 8.34. The van der Waals surface area contributed by atoms with Crippen molar-refractivity contribution in [2.45, 2.75) is 0 Å². The lowest BCUT2D eigenvalue weighted by Gasteiger charge is -1.88. The highest BCUT2D eigenvalue weighted by molar-refractivity contribution is 9.13. The number of halogens is 2. The first-order chi connectivity index (χ1) is 4.74. The van der Waals surface area contributed by atoms with Gasteiger partial charge in [-0.25, -0.2) is 0 Å². The SMILES string of the molecule is N#[N+]c1ccc(Br)c(Br)c1. The van der Waals surface area contributed by atoms with Crippen LogP contribution in [0.15, 0.2) is 27.1 Å². The van der Waals surface area contributed by atoms with Crippen LogP contribution in [0.1, 0.15) is 0 Å². The minimum absolute atomic E-state index is 0.537. The zero-order valence-electron chi connectivity index (χ0n) is 4.88. The van der Waals surface area contributed by atoms with Gasteiger partial charge in [0.2, 0.25) is 5.39 Å². The van der Waals surface area contributed by atoms with Gasteiger partial charge >= 0.3 is 5.69 Å². The van der Waals surface area contributed by atoms with E-state index in [1.807, 2.05) is 0 Å². The molecule has 0 fully saturated rings. The Morgan fingerprint density at radius 3 is 2.40 bits per heavy atom. The largest absolute Gasteiger partial charge is 0.386 e. The summed E-state index contributed by atoms with van der Waals surface area (Å²) in [5, 5.41) is 8.34. The zero-order valence-corrected chi connectivity index (χ0v) is 8.05. The average molecular weight is 263 g/mol. The predicted octanol–water partition coefficient (Wildman–Crippen LogP) is 3.70. The second-order valence-corrected chi connectivity index (χ2v) is 3.41. The molecule has 2 nitrogen and oxygen atoms in total. The molecule has 0 aliphatic heterocycles. The van der Waals surface area contributed by atoms with Crippen LogP contribution in [0.5, 0.6) is 0 Å². The number of diazo groups is 1. The van der Waals surface area contributed by atoms with E-state index in [1.54, 1.807) is 18.2 Å². The Kier molecular flexibility index (Phi) is 2.41. The summed E-state index contributed by atoms with van der Waals surface area (Å²) in [4.78, 5) is 3.02. The van der Waals surface area contributed by atoms with E-state index in [2.05, 4.69) is 36.8 Å². The van der Waals surface area contributed by atoms with Crippen molar-refractivity contribution >= 4 is 37.5 Å². The van der Waals surface area contributed by atoms with Crippen LogP contribution in [0.2, 0.25) is 0 Å². The fourth-order valence-electron chi connectivity index (χ4n) is 0.547. The third-order valence-electron chi connectivity index (χ3n) is 1.02. The average Bonchev–Trinajstić information content (AvgIpc) is 1.95. The van der Waals surface area contributed by atoms with Gasteiger partial charge in [-0.1, -0.05) is 0 Å². The van der Waals surface area contributed by atoms with Crippen molar-refractivity contribution in [3.8, 4) is 0 Å². The van der Waals surface area contributed by atoms with Gasteiger partial charge in [0.05, 0.1) is 0 Å². The Morgan fingerprint density at radius 2 is 1.90 bits per heavy atom. The van der Waals surface area contributed by atoms with Crippen molar-refractivity contribution in [1.82, 2.24) is 0 Å². The molecule has 0 amide bonds. The van der Waals surface area contributed by atoms with Crippen LogP contribution in [-0.4, -0.2) is 0 Å². The predicted molar refractivity (Wildman–Crippen MR) is 46.6 cm³/mol. The first kappa shape index (κ1) is 7.70. The van der Waals surface area contributed by atoms with Gasteiger partial charge in [-0.15, -0.1) is 0 Å². The van der Waals surface area contributed by atoms with E-state index in [-0.39, 0.29) is 0 Å². The molecule has 4 heteroatoms. The molecule has 0 atom stereocenters. The maximum absolute atomic E-state index is 8.34. The summed E-state index contributed by atoms with van der Waals surface area (Å²) in [5.41, 5.74) is 0.537. The van der Waals surface area contributed by atoms with E-state index in [1.165, 1.54) is 0 Å². The lowest BCUT2D eigenvalue weighted by Crippen LogP contribution is -1.66. The molecule has 1 aromatic rings. The molecule has 0 saturated heterocycles. The van der Waals surface area contributed by atoms with E-state index >= 15 is 0 Å². The van der Waals surface area contributed by atoms with Crippen LogP contribution >= 0.6 is 31.9 Å². The highest BCUT2D eigenvalue weighted by Gasteiger charge is 2.05. The Balaban J connectivity index is 3.20. The van der Waals surface area contributed by atoms with Crippen LogP contribution in [-0.2, 0) is 0 Å². The molecule has 0 aromatic heterocycles. The zero-order chi connectivity index (χ0) is 7.56. The molecular weight excluding hydrogens is 260 g/mol. The number of hydrogen-bond acceptors (Lipinski definition) is 1. The molecule has 0 unspecified atom stereocenters. The first-order valence-corrected chi connectivity index (χ1v) is 4.13. The van der Waals surface area contributed by atoms with Gasteiger partial charge in [-0.05, 0) is 37.9 Å². The summed E-state index contributed by atoms with van der Waals surface area (Å²) >= 11 is 6.56. The minimum atomic E-state index is 0.537. The quantitative estimate of drug-likeness (QED) is 0.656. The summed E-state index contributed by atoms with van der Waals surface area (Å²) in [5.74, 6) is 0. The van der Waals surface area contributed by atoms with Crippen LogP contribution in [0.25, 0.3) is 4.98 Å². The van der Waals surface area contributed by atoms with Gasteiger partial charge < -0.3 is 0 Å². The standard InChI is InChI=1S/C6H3Br2N2/c7-5-2-1-4(10-9)3-6(5)8/h1-3H/q+1. The van der Waals surface area contributed by atoms with Crippen LogP contribution in [0.3, 0.4) is 0 Å². The Morgan fingerprint density at radius 1 is 1.20 bits per heavy atom. The van der Waals surface area contributed by atoms with Crippen LogP contribution in [0.4, 0.5) is 5.69 Å². The van der Waals surface area contributed by atoms with Crippen molar-refractivity contribution < 1.29 is 0 Å². The molecule has 0 aliphatic rings. The minimum Gasteiger partial charge on any atom is -0.0496 e. The normalized spacial score (nSPS) is 8.90. The van der Waals surface area contributed by atoms with Crippen molar-refractivity contribution in [3.05, 3.63) is 32.1 Å². The molecule has 50 valence electrons. The topological polar surface area (TPSA) is 28.1 Å². The van der Waals surface area contributed by atoms with E-state index in [4.69, 9.17) is 5.39 Å². The van der Waals surface area contributed by atoms with Crippen molar-refractivity contribution in [3.63, 3.8) is 0 Å². The van der Waals surface area contributed by atoms with Gasteiger partial charge in [0, 0.05) is 21.1 Å². The fraction of sp³-hybridized carbons (Fsp3) is 0. The smallest absolute Gasteiger partial charge is 0.0496 e. The number of rotatable bonds is 0. The van der Waals surface area contributed by atoms with Gasteiger partial charge in [-0.2, -0.15) is 0 Å². The van der Waals surface area contributed by atoms with Crippen molar-refractivity contribution in [2.24, 2.45) is 0 Å².